The van der Waals surface area contributed by atoms with E-state index in [2.05, 4.69) is 15.3 Å². The Morgan fingerprint density at radius 1 is 1.09 bits per heavy atom. The van der Waals surface area contributed by atoms with Gasteiger partial charge in [-0.05, 0) is 43.0 Å². The first-order valence-corrected chi connectivity index (χ1v) is 11.2. The van der Waals surface area contributed by atoms with Crippen molar-refractivity contribution in [2.24, 2.45) is 5.92 Å². The fourth-order valence-electron chi connectivity index (χ4n) is 4.23. The van der Waals surface area contributed by atoms with Crippen LogP contribution in [0.25, 0.3) is 22.2 Å². The maximum Gasteiger partial charge on any atom is 0.335 e. The Morgan fingerprint density at radius 2 is 1.86 bits per heavy atom. The van der Waals surface area contributed by atoms with Crippen molar-refractivity contribution in [3.8, 4) is 11.3 Å². The largest absolute Gasteiger partial charge is 0.478 e. The smallest absolute Gasteiger partial charge is 0.335 e. The Hall–Kier alpha value is -3.88. The van der Waals surface area contributed by atoms with Crippen LogP contribution in [-0.4, -0.2) is 32.2 Å². The van der Waals surface area contributed by atoms with Gasteiger partial charge in [0, 0.05) is 41.9 Å². The second kappa shape index (κ2) is 9.77. The summed E-state index contributed by atoms with van der Waals surface area (Å²) in [6, 6.07) is 8.90. The van der Waals surface area contributed by atoms with E-state index in [0.29, 0.717) is 36.2 Å². The number of rotatable bonds is 8. The van der Waals surface area contributed by atoms with Crippen molar-refractivity contribution in [1.82, 2.24) is 14.5 Å². The van der Waals surface area contributed by atoms with Gasteiger partial charge in [0.1, 0.15) is 18.0 Å². The topological polar surface area (TPSA) is 80.0 Å². The summed E-state index contributed by atoms with van der Waals surface area (Å²) in [7, 11) is 0. The molecule has 0 saturated heterocycles. The van der Waals surface area contributed by atoms with Gasteiger partial charge in [0.05, 0.1) is 16.8 Å². The number of benzene rings is 2. The lowest BCUT2D eigenvalue weighted by Gasteiger charge is -2.13. The van der Waals surface area contributed by atoms with Crippen LogP contribution < -0.4 is 5.32 Å². The van der Waals surface area contributed by atoms with Crippen molar-refractivity contribution in [3.05, 3.63) is 77.0 Å². The van der Waals surface area contributed by atoms with E-state index in [-0.39, 0.29) is 28.9 Å². The Morgan fingerprint density at radius 3 is 2.57 bits per heavy atom. The molecule has 0 radical (unpaired) electrons. The fraction of sp³-hybridized carbons (Fsp3) is 0.269. The molecule has 2 aromatic heterocycles. The van der Waals surface area contributed by atoms with Gasteiger partial charge in [0.2, 0.25) is 0 Å². The van der Waals surface area contributed by atoms with Gasteiger partial charge in [-0.15, -0.1) is 0 Å². The second-order valence-electron chi connectivity index (χ2n) is 8.84. The number of aromatic carboxylic acids is 1. The lowest BCUT2D eigenvalue weighted by molar-refractivity contribution is 0.0695. The molecule has 0 fully saturated rings. The number of aromatic nitrogens is 3. The Bertz CT molecular complexity index is 1420. The molecule has 35 heavy (non-hydrogen) atoms. The number of hydrogen-bond acceptors (Lipinski definition) is 4. The van der Waals surface area contributed by atoms with E-state index in [1.54, 1.807) is 25.1 Å². The average Bonchev–Trinajstić information content (AvgIpc) is 3.14. The molecule has 182 valence electrons. The third-order valence-corrected chi connectivity index (χ3v) is 5.80. The molecule has 0 bridgehead atoms. The third kappa shape index (κ3) is 4.99. The normalized spacial score (nSPS) is 11.4. The number of nitrogens with one attached hydrogen (secondary N) is 1. The maximum absolute atomic E-state index is 14.4. The summed E-state index contributed by atoms with van der Waals surface area (Å²) in [5.74, 6) is -3.30. The van der Waals surface area contributed by atoms with Crippen LogP contribution in [0.15, 0.2) is 42.7 Å². The SMILES string of the molecule is Cc1cc2c(F)cc(F)c(F)c2n1CCNc1cc(-c2ccc(C(=O)O)c(CC(C)C)c2)ncn1. The quantitative estimate of drug-likeness (QED) is 0.309. The maximum atomic E-state index is 14.4. The van der Waals surface area contributed by atoms with Crippen molar-refractivity contribution in [2.75, 3.05) is 11.9 Å². The predicted molar refractivity (Wildman–Crippen MR) is 128 cm³/mol. The lowest BCUT2D eigenvalue weighted by atomic mass is 9.95. The summed E-state index contributed by atoms with van der Waals surface area (Å²) in [6.07, 6.45) is 2.01. The molecule has 4 aromatic rings. The van der Waals surface area contributed by atoms with E-state index in [1.807, 2.05) is 19.9 Å². The summed E-state index contributed by atoms with van der Waals surface area (Å²) in [4.78, 5) is 20.1. The van der Waals surface area contributed by atoms with Crippen LogP contribution in [0.4, 0.5) is 19.0 Å². The molecule has 4 rings (SSSR count). The number of carbonyl (C=O) groups is 1. The number of anilines is 1. The van der Waals surface area contributed by atoms with Crippen LogP contribution in [-0.2, 0) is 13.0 Å². The van der Waals surface area contributed by atoms with Crippen molar-refractivity contribution in [1.29, 1.82) is 0 Å². The molecule has 2 heterocycles. The molecular formula is C26H25F3N4O2. The van der Waals surface area contributed by atoms with E-state index >= 15 is 0 Å². The highest BCUT2D eigenvalue weighted by molar-refractivity contribution is 5.90. The van der Waals surface area contributed by atoms with Gasteiger partial charge in [0.25, 0.3) is 0 Å². The highest BCUT2D eigenvalue weighted by atomic mass is 19.2. The molecule has 0 spiro atoms. The Balaban J connectivity index is 1.55. The first kappa shape index (κ1) is 24.3. The summed E-state index contributed by atoms with van der Waals surface area (Å²) < 4.78 is 43.8. The molecule has 2 N–H and O–H groups in total. The first-order chi connectivity index (χ1) is 16.7. The minimum atomic E-state index is -1.23. The van der Waals surface area contributed by atoms with E-state index in [1.165, 1.54) is 17.0 Å². The number of carboxylic acid groups (broad SMARTS) is 1. The van der Waals surface area contributed by atoms with Crippen molar-refractivity contribution in [3.63, 3.8) is 0 Å². The number of hydrogen-bond donors (Lipinski definition) is 2. The zero-order chi connectivity index (χ0) is 25.3. The van der Waals surface area contributed by atoms with Gasteiger partial charge in [-0.2, -0.15) is 0 Å². The van der Waals surface area contributed by atoms with Crippen LogP contribution in [0, 0.1) is 30.3 Å². The lowest BCUT2D eigenvalue weighted by Crippen LogP contribution is -2.13. The third-order valence-electron chi connectivity index (χ3n) is 5.80. The van der Waals surface area contributed by atoms with Crippen molar-refractivity contribution in [2.45, 2.75) is 33.7 Å². The Kier molecular flexibility index (Phi) is 6.77. The van der Waals surface area contributed by atoms with Crippen LogP contribution >= 0.6 is 0 Å². The molecule has 6 nitrogen and oxygen atoms in total. The zero-order valence-corrected chi connectivity index (χ0v) is 19.6. The first-order valence-electron chi connectivity index (χ1n) is 11.2. The van der Waals surface area contributed by atoms with Gasteiger partial charge in [-0.3, -0.25) is 0 Å². The van der Waals surface area contributed by atoms with Gasteiger partial charge < -0.3 is 15.0 Å². The molecule has 0 aliphatic carbocycles. The Labute approximate surface area is 200 Å². The van der Waals surface area contributed by atoms with E-state index in [0.717, 1.165) is 11.1 Å². The summed E-state index contributed by atoms with van der Waals surface area (Å²) in [6.45, 7) is 6.31. The molecule has 0 atom stereocenters. The van der Waals surface area contributed by atoms with E-state index in [4.69, 9.17) is 0 Å². The highest BCUT2D eigenvalue weighted by Crippen LogP contribution is 2.28. The summed E-state index contributed by atoms with van der Waals surface area (Å²) in [5, 5.41) is 12.7. The molecule has 9 heteroatoms. The van der Waals surface area contributed by atoms with Crippen LogP contribution in [0.2, 0.25) is 0 Å². The molecular weight excluding hydrogens is 457 g/mol. The molecule has 0 unspecified atom stereocenters. The minimum Gasteiger partial charge on any atom is -0.478 e. The van der Waals surface area contributed by atoms with Gasteiger partial charge >= 0.3 is 5.97 Å². The molecule has 0 aliphatic rings. The molecule has 0 aliphatic heterocycles. The van der Waals surface area contributed by atoms with Crippen LogP contribution in [0.3, 0.4) is 0 Å². The number of nitrogens with zero attached hydrogens (tertiary/aromatic N) is 3. The van der Waals surface area contributed by atoms with Crippen molar-refractivity contribution >= 4 is 22.7 Å². The zero-order valence-electron chi connectivity index (χ0n) is 19.6. The highest BCUT2D eigenvalue weighted by Gasteiger charge is 2.18. The molecule has 0 amide bonds. The van der Waals surface area contributed by atoms with Gasteiger partial charge in [-0.25, -0.2) is 27.9 Å². The fourth-order valence-corrected chi connectivity index (χ4v) is 4.23. The monoisotopic (exact) mass is 482 g/mol. The average molecular weight is 483 g/mol. The van der Waals surface area contributed by atoms with E-state index in [9.17, 15) is 23.1 Å². The van der Waals surface area contributed by atoms with Crippen LogP contribution in [0.1, 0.15) is 35.5 Å². The minimum absolute atomic E-state index is 0.0349. The number of carboxylic acids is 1. The number of aryl methyl sites for hydroxylation is 1. The summed E-state index contributed by atoms with van der Waals surface area (Å²) in [5.41, 5.74) is 2.86. The van der Waals surface area contributed by atoms with Crippen molar-refractivity contribution < 1.29 is 23.1 Å². The van der Waals surface area contributed by atoms with Gasteiger partial charge in [0.15, 0.2) is 11.6 Å². The number of fused-ring (bicyclic) bond motifs is 1. The van der Waals surface area contributed by atoms with E-state index < -0.39 is 23.4 Å². The molecule has 2 aromatic carbocycles. The molecule has 0 saturated carbocycles. The predicted octanol–water partition coefficient (Wildman–Crippen LogP) is 5.83. The summed E-state index contributed by atoms with van der Waals surface area (Å²) >= 11 is 0. The van der Waals surface area contributed by atoms with Gasteiger partial charge in [-0.1, -0.05) is 19.9 Å². The standard InChI is InChI=1S/C26H25F3N4O2/c1-14(2)8-17-10-16(4-5-18(17)26(34)35)22-12-23(32-13-31-22)30-6-7-33-15(3)9-19-20(27)11-21(28)24(29)25(19)33/h4-5,9-14H,6-8H2,1-3H3,(H,34,35)(H,30,31,32). The number of halogens is 3. The second-order valence-corrected chi connectivity index (χ2v) is 8.84. The van der Waals surface area contributed by atoms with Crippen LogP contribution in [0.5, 0.6) is 0 Å².